The quantitative estimate of drug-likeness (QED) is 0.757. The Kier molecular flexibility index (Phi) is 3.32. The molecule has 0 bridgehead atoms. The molecule has 2 amide bonds. The molecular weight excluding hydrogens is 298 g/mol. The van der Waals surface area contributed by atoms with Gasteiger partial charge in [-0.25, -0.2) is 14.7 Å². The zero-order valence-corrected chi connectivity index (χ0v) is 12.5. The lowest BCUT2D eigenvalue weighted by Crippen LogP contribution is -2.30. The van der Waals surface area contributed by atoms with E-state index in [9.17, 15) is 9.59 Å². The predicted octanol–water partition coefficient (Wildman–Crippen LogP) is 0.895. The van der Waals surface area contributed by atoms with Crippen LogP contribution in [0.4, 0.5) is 10.6 Å². The molecule has 2 saturated carbocycles. The maximum Gasteiger partial charge on any atom is 0.343 e. The Bertz CT molecular complexity index is 771. The molecule has 2 aliphatic carbocycles. The Morgan fingerprint density at radius 2 is 2.09 bits per heavy atom. The molecule has 0 aliphatic heterocycles. The van der Waals surface area contributed by atoms with E-state index in [0.717, 1.165) is 31.4 Å². The first-order chi connectivity index (χ1) is 11.2. The second kappa shape index (κ2) is 5.49. The summed E-state index contributed by atoms with van der Waals surface area (Å²) in [6.07, 6.45) is 4.27. The normalized spacial score (nSPS) is 17.0. The molecule has 0 spiro atoms. The standard InChI is InChI=1S/C14H17N7O2/c22-13(16-11-6-5-10(17-18-11)8-1-2-8)15-7-12-19-20-14(23)21(12)9-3-4-9/h5-6,8-9H,1-4,7H2,(H,20,23)(H2,15,16,18,22). The smallest absolute Gasteiger partial charge is 0.331 e. The van der Waals surface area contributed by atoms with Crippen LogP contribution in [-0.2, 0) is 6.54 Å². The highest BCUT2D eigenvalue weighted by Crippen LogP contribution is 2.38. The highest BCUT2D eigenvalue weighted by Gasteiger charge is 2.28. The summed E-state index contributed by atoms with van der Waals surface area (Å²) in [7, 11) is 0. The number of amides is 2. The van der Waals surface area contributed by atoms with Crippen LogP contribution >= 0.6 is 0 Å². The summed E-state index contributed by atoms with van der Waals surface area (Å²) in [4.78, 5) is 23.6. The van der Waals surface area contributed by atoms with Crippen molar-refractivity contribution in [3.8, 4) is 0 Å². The van der Waals surface area contributed by atoms with Crippen molar-refractivity contribution in [2.45, 2.75) is 44.2 Å². The average molecular weight is 315 g/mol. The van der Waals surface area contributed by atoms with E-state index in [1.54, 1.807) is 10.6 Å². The minimum Gasteiger partial charge on any atom is -0.331 e. The third-order valence-electron chi connectivity index (χ3n) is 4.02. The average Bonchev–Trinajstić information content (AvgIpc) is 3.45. The molecule has 2 aromatic rings. The Morgan fingerprint density at radius 3 is 2.74 bits per heavy atom. The molecule has 0 aromatic carbocycles. The molecule has 0 atom stereocenters. The van der Waals surface area contributed by atoms with E-state index in [0.29, 0.717) is 17.6 Å². The Balaban J connectivity index is 1.34. The number of H-pyrrole nitrogens is 1. The van der Waals surface area contributed by atoms with Crippen LogP contribution in [0.3, 0.4) is 0 Å². The molecule has 4 rings (SSSR count). The maximum absolute atomic E-state index is 11.9. The van der Waals surface area contributed by atoms with E-state index in [1.807, 2.05) is 6.07 Å². The number of nitrogens with zero attached hydrogens (tertiary/aromatic N) is 4. The number of nitrogens with one attached hydrogen (secondary N) is 3. The second-order valence-corrected chi connectivity index (χ2v) is 5.97. The number of hydrogen-bond acceptors (Lipinski definition) is 5. The van der Waals surface area contributed by atoms with Crippen LogP contribution in [0.15, 0.2) is 16.9 Å². The van der Waals surface area contributed by atoms with Gasteiger partial charge in [0.15, 0.2) is 11.6 Å². The first-order valence-electron chi connectivity index (χ1n) is 7.75. The molecule has 9 heteroatoms. The number of carbonyl (C=O) groups is 1. The van der Waals surface area contributed by atoms with Gasteiger partial charge in [0, 0.05) is 12.0 Å². The monoisotopic (exact) mass is 315 g/mol. The number of aromatic nitrogens is 5. The van der Waals surface area contributed by atoms with Crippen molar-refractivity contribution < 1.29 is 4.79 Å². The molecule has 2 heterocycles. The van der Waals surface area contributed by atoms with Gasteiger partial charge in [-0.05, 0) is 37.8 Å². The zero-order valence-electron chi connectivity index (χ0n) is 12.5. The van der Waals surface area contributed by atoms with E-state index in [-0.39, 0.29) is 18.3 Å². The minimum absolute atomic E-state index is 0.175. The summed E-state index contributed by atoms with van der Waals surface area (Å²) in [6, 6.07) is 3.44. The van der Waals surface area contributed by atoms with Gasteiger partial charge in [0.1, 0.15) is 0 Å². The molecule has 9 nitrogen and oxygen atoms in total. The molecule has 0 radical (unpaired) electrons. The van der Waals surface area contributed by atoms with Gasteiger partial charge in [-0.3, -0.25) is 9.88 Å². The van der Waals surface area contributed by atoms with Crippen LogP contribution in [0.25, 0.3) is 0 Å². The predicted molar refractivity (Wildman–Crippen MR) is 81.0 cm³/mol. The summed E-state index contributed by atoms with van der Waals surface area (Å²) in [6.45, 7) is 0.175. The van der Waals surface area contributed by atoms with Crippen molar-refractivity contribution in [1.29, 1.82) is 0 Å². The lowest BCUT2D eigenvalue weighted by molar-refractivity contribution is 0.251. The van der Waals surface area contributed by atoms with Crippen LogP contribution < -0.4 is 16.3 Å². The molecule has 2 fully saturated rings. The summed E-state index contributed by atoms with van der Waals surface area (Å²) in [5.74, 6) is 1.46. The van der Waals surface area contributed by atoms with Gasteiger partial charge >= 0.3 is 11.7 Å². The fourth-order valence-corrected chi connectivity index (χ4v) is 2.50. The summed E-state index contributed by atoms with van der Waals surface area (Å²) in [5.41, 5.74) is 0.743. The van der Waals surface area contributed by atoms with Gasteiger partial charge in [0.25, 0.3) is 0 Å². The molecule has 0 unspecified atom stereocenters. The van der Waals surface area contributed by atoms with Crippen molar-refractivity contribution >= 4 is 11.8 Å². The fourth-order valence-electron chi connectivity index (χ4n) is 2.50. The van der Waals surface area contributed by atoms with E-state index in [1.165, 1.54) is 0 Å². The molecular formula is C14H17N7O2. The minimum atomic E-state index is -0.406. The van der Waals surface area contributed by atoms with Gasteiger partial charge < -0.3 is 5.32 Å². The maximum atomic E-state index is 11.9. The zero-order chi connectivity index (χ0) is 15.8. The molecule has 23 heavy (non-hydrogen) atoms. The Labute approximate surface area is 131 Å². The van der Waals surface area contributed by atoms with Crippen LogP contribution in [0.1, 0.15) is 49.2 Å². The van der Waals surface area contributed by atoms with Crippen LogP contribution in [0.5, 0.6) is 0 Å². The van der Waals surface area contributed by atoms with Crippen LogP contribution in [-0.4, -0.2) is 31.0 Å². The van der Waals surface area contributed by atoms with E-state index < -0.39 is 6.03 Å². The number of anilines is 1. The first-order valence-corrected chi connectivity index (χ1v) is 7.75. The number of carbonyl (C=O) groups excluding carboxylic acids is 1. The van der Waals surface area contributed by atoms with Crippen LogP contribution in [0, 0.1) is 0 Å². The molecule has 2 aromatic heterocycles. The van der Waals surface area contributed by atoms with Crippen molar-refractivity contribution in [2.24, 2.45) is 0 Å². The summed E-state index contributed by atoms with van der Waals surface area (Å²) >= 11 is 0. The van der Waals surface area contributed by atoms with E-state index >= 15 is 0 Å². The van der Waals surface area contributed by atoms with E-state index in [2.05, 4.69) is 31.0 Å². The molecule has 2 aliphatic rings. The molecule has 0 saturated heterocycles. The topological polar surface area (TPSA) is 118 Å². The second-order valence-electron chi connectivity index (χ2n) is 5.97. The van der Waals surface area contributed by atoms with Gasteiger partial charge in [-0.15, -0.1) is 5.10 Å². The third-order valence-corrected chi connectivity index (χ3v) is 4.02. The first kappa shape index (κ1) is 13.9. The number of urea groups is 1. The van der Waals surface area contributed by atoms with Crippen molar-refractivity contribution in [3.63, 3.8) is 0 Å². The Morgan fingerprint density at radius 1 is 1.26 bits per heavy atom. The van der Waals surface area contributed by atoms with Gasteiger partial charge in [0.05, 0.1) is 12.2 Å². The van der Waals surface area contributed by atoms with Gasteiger partial charge in [-0.1, -0.05) is 0 Å². The third kappa shape index (κ3) is 3.08. The lowest BCUT2D eigenvalue weighted by atomic mass is 10.3. The highest BCUT2D eigenvalue weighted by molar-refractivity contribution is 5.87. The van der Waals surface area contributed by atoms with Gasteiger partial charge in [-0.2, -0.15) is 10.2 Å². The Hall–Kier alpha value is -2.71. The molecule has 120 valence electrons. The summed E-state index contributed by atoms with van der Waals surface area (Å²) < 4.78 is 1.60. The van der Waals surface area contributed by atoms with E-state index in [4.69, 9.17) is 0 Å². The largest absolute Gasteiger partial charge is 0.343 e. The van der Waals surface area contributed by atoms with Crippen molar-refractivity contribution in [1.82, 2.24) is 30.3 Å². The van der Waals surface area contributed by atoms with Crippen LogP contribution in [0.2, 0.25) is 0 Å². The number of rotatable bonds is 5. The number of hydrogen-bond donors (Lipinski definition) is 3. The van der Waals surface area contributed by atoms with Crippen molar-refractivity contribution in [3.05, 3.63) is 34.1 Å². The number of aromatic amines is 1. The highest BCUT2D eigenvalue weighted by atomic mass is 16.2. The van der Waals surface area contributed by atoms with Crippen molar-refractivity contribution in [2.75, 3.05) is 5.32 Å². The van der Waals surface area contributed by atoms with Gasteiger partial charge in [0.2, 0.25) is 0 Å². The molecule has 3 N–H and O–H groups in total. The summed E-state index contributed by atoms with van der Waals surface area (Å²) in [5, 5.41) is 19.8. The SMILES string of the molecule is O=C(NCc1n[nH]c(=O)n1C1CC1)Nc1ccc(C2CC2)nn1. The lowest BCUT2D eigenvalue weighted by Gasteiger charge is -2.07. The fraction of sp³-hybridized carbons (Fsp3) is 0.500.